The predicted molar refractivity (Wildman–Crippen MR) is 83.1 cm³/mol. The van der Waals surface area contributed by atoms with Crippen molar-refractivity contribution in [2.75, 3.05) is 19.7 Å². The topological polar surface area (TPSA) is 72.6 Å². The maximum Gasteiger partial charge on any atom is 0.310 e. The zero-order chi connectivity index (χ0) is 16.4. The molecular weight excluding hydrogens is 296 g/mol. The number of esters is 1. The molecule has 1 saturated carbocycles. The summed E-state index contributed by atoms with van der Waals surface area (Å²) in [7, 11) is 0. The third kappa shape index (κ3) is 3.26. The van der Waals surface area contributed by atoms with Gasteiger partial charge in [0.15, 0.2) is 11.6 Å². The van der Waals surface area contributed by atoms with Gasteiger partial charge in [0.1, 0.15) is 5.76 Å². The summed E-state index contributed by atoms with van der Waals surface area (Å²) in [5.41, 5.74) is 0.399. The molecule has 1 amide bonds. The molecule has 3 rings (SSSR count). The maximum atomic E-state index is 12.7. The van der Waals surface area contributed by atoms with E-state index in [4.69, 9.17) is 9.15 Å². The standard InChI is InChI=1S/C17H24N2O4/c1-3-22-17(21)13-8-5-9-19(10-13)16(20)14-11(2)23-15(18-14)12-6-4-7-12/h12-13H,3-10H2,1-2H3. The summed E-state index contributed by atoms with van der Waals surface area (Å²) in [5, 5.41) is 0. The van der Waals surface area contributed by atoms with Crippen molar-refractivity contribution in [1.29, 1.82) is 0 Å². The Hall–Kier alpha value is -1.85. The Balaban J connectivity index is 1.69. The van der Waals surface area contributed by atoms with Crippen LogP contribution in [0, 0.1) is 12.8 Å². The van der Waals surface area contributed by atoms with Crippen LogP contribution in [-0.2, 0) is 9.53 Å². The van der Waals surface area contributed by atoms with Crippen LogP contribution in [0.5, 0.6) is 0 Å². The predicted octanol–water partition coefficient (Wildman–Crippen LogP) is 2.67. The van der Waals surface area contributed by atoms with Crippen molar-refractivity contribution in [3.63, 3.8) is 0 Å². The molecule has 1 aliphatic carbocycles. The van der Waals surface area contributed by atoms with Crippen LogP contribution in [0.1, 0.15) is 67.1 Å². The Morgan fingerprint density at radius 3 is 2.74 bits per heavy atom. The molecule has 0 N–H and O–H groups in total. The molecule has 1 aliphatic heterocycles. The molecule has 1 unspecified atom stereocenters. The first-order chi connectivity index (χ1) is 11.1. The molecule has 2 heterocycles. The number of carbonyl (C=O) groups excluding carboxylic acids is 2. The summed E-state index contributed by atoms with van der Waals surface area (Å²) >= 11 is 0. The van der Waals surface area contributed by atoms with Crippen LogP contribution in [0.25, 0.3) is 0 Å². The minimum atomic E-state index is -0.231. The highest BCUT2D eigenvalue weighted by atomic mass is 16.5. The van der Waals surface area contributed by atoms with E-state index in [1.807, 2.05) is 0 Å². The number of aryl methyl sites for hydroxylation is 1. The molecule has 0 spiro atoms. The minimum absolute atomic E-state index is 0.133. The van der Waals surface area contributed by atoms with E-state index in [0.717, 1.165) is 25.7 Å². The average Bonchev–Trinajstić information content (AvgIpc) is 2.86. The van der Waals surface area contributed by atoms with Gasteiger partial charge in [0.05, 0.1) is 12.5 Å². The summed E-state index contributed by atoms with van der Waals surface area (Å²) in [6.45, 7) is 5.01. The van der Waals surface area contributed by atoms with Crippen LogP contribution in [-0.4, -0.2) is 41.5 Å². The Labute approximate surface area is 136 Å². The summed E-state index contributed by atoms with van der Waals surface area (Å²) in [5.74, 6) is 1.06. The van der Waals surface area contributed by atoms with Gasteiger partial charge in [0.25, 0.3) is 5.91 Å². The fourth-order valence-corrected chi connectivity index (χ4v) is 3.21. The summed E-state index contributed by atoms with van der Waals surface area (Å²) in [6, 6.07) is 0. The normalized spacial score (nSPS) is 21.8. The zero-order valence-corrected chi connectivity index (χ0v) is 13.8. The lowest BCUT2D eigenvalue weighted by molar-refractivity contribution is -0.149. The first kappa shape index (κ1) is 16.0. The lowest BCUT2D eigenvalue weighted by atomic mass is 9.85. The number of hydrogen-bond acceptors (Lipinski definition) is 5. The number of hydrogen-bond donors (Lipinski definition) is 0. The van der Waals surface area contributed by atoms with E-state index in [9.17, 15) is 9.59 Å². The molecule has 1 aromatic heterocycles. The number of nitrogens with zero attached hydrogens (tertiary/aromatic N) is 2. The second-order valence-electron chi connectivity index (χ2n) is 6.43. The summed E-state index contributed by atoms with van der Waals surface area (Å²) < 4.78 is 10.8. The molecule has 6 heteroatoms. The highest BCUT2D eigenvalue weighted by molar-refractivity contribution is 5.93. The lowest BCUT2D eigenvalue weighted by Gasteiger charge is -2.31. The number of oxazole rings is 1. The van der Waals surface area contributed by atoms with Crippen molar-refractivity contribution in [2.45, 2.75) is 51.9 Å². The van der Waals surface area contributed by atoms with Crippen LogP contribution in [0.15, 0.2) is 4.42 Å². The molecule has 6 nitrogen and oxygen atoms in total. The van der Waals surface area contributed by atoms with Crippen molar-refractivity contribution in [3.8, 4) is 0 Å². The molecule has 2 fully saturated rings. The van der Waals surface area contributed by atoms with E-state index in [1.165, 1.54) is 6.42 Å². The number of piperidine rings is 1. The third-order valence-electron chi connectivity index (χ3n) is 4.80. The number of carbonyl (C=O) groups is 2. The van der Waals surface area contributed by atoms with Crippen LogP contribution in [0.4, 0.5) is 0 Å². The SMILES string of the molecule is CCOC(=O)C1CCCN(C(=O)c2nc(C3CCC3)oc2C)C1. The Morgan fingerprint density at radius 2 is 2.09 bits per heavy atom. The Bertz CT molecular complexity index is 591. The van der Waals surface area contributed by atoms with Crippen molar-refractivity contribution in [2.24, 2.45) is 5.92 Å². The van der Waals surface area contributed by atoms with E-state index < -0.39 is 0 Å². The lowest BCUT2D eigenvalue weighted by Crippen LogP contribution is -2.43. The Kier molecular flexibility index (Phi) is 4.68. The van der Waals surface area contributed by atoms with Crippen molar-refractivity contribution in [3.05, 3.63) is 17.3 Å². The molecule has 0 aromatic carbocycles. The first-order valence-corrected chi connectivity index (χ1v) is 8.53. The summed E-state index contributed by atoms with van der Waals surface area (Å²) in [6.07, 6.45) is 4.95. The van der Waals surface area contributed by atoms with Gasteiger partial charge in [0, 0.05) is 19.0 Å². The van der Waals surface area contributed by atoms with Crippen LogP contribution in [0.2, 0.25) is 0 Å². The van der Waals surface area contributed by atoms with Gasteiger partial charge in [-0.15, -0.1) is 0 Å². The highest BCUT2D eigenvalue weighted by Crippen LogP contribution is 2.36. The van der Waals surface area contributed by atoms with E-state index in [1.54, 1.807) is 18.7 Å². The number of ether oxygens (including phenoxy) is 1. The fraction of sp³-hybridized carbons (Fsp3) is 0.706. The molecule has 23 heavy (non-hydrogen) atoms. The van der Waals surface area contributed by atoms with Crippen LogP contribution < -0.4 is 0 Å². The van der Waals surface area contributed by atoms with Gasteiger partial charge in [-0.3, -0.25) is 9.59 Å². The second kappa shape index (κ2) is 6.72. The van der Waals surface area contributed by atoms with Crippen LogP contribution in [0.3, 0.4) is 0 Å². The van der Waals surface area contributed by atoms with E-state index in [-0.39, 0.29) is 17.8 Å². The molecule has 1 aromatic rings. The number of aromatic nitrogens is 1. The van der Waals surface area contributed by atoms with Gasteiger partial charge < -0.3 is 14.1 Å². The average molecular weight is 320 g/mol. The minimum Gasteiger partial charge on any atom is -0.466 e. The summed E-state index contributed by atoms with van der Waals surface area (Å²) in [4.78, 5) is 30.8. The second-order valence-corrected chi connectivity index (χ2v) is 6.43. The molecule has 0 radical (unpaired) electrons. The molecule has 1 atom stereocenters. The third-order valence-corrected chi connectivity index (χ3v) is 4.80. The quantitative estimate of drug-likeness (QED) is 0.798. The molecular formula is C17H24N2O4. The van der Waals surface area contributed by atoms with Gasteiger partial charge in [-0.25, -0.2) is 4.98 Å². The van der Waals surface area contributed by atoms with Crippen molar-refractivity contribution >= 4 is 11.9 Å². The monoisotopic (exact) mass is 320 g/mol. The number of amides is 1. The van der Waals surface area contributed by atoms with Gasteiger partial charge in [0.2, 0.25) is 0 Å². The van der Waals surface area contributed by atoms with Gasteiger partial charge >= 0.3 is 5.97 Å². The van der Waals surface area contributed by atoms with E-state index in [2.05, 4.69) is 4.98 Å². The number of rotatable bonds is 4. The highest BCUT2D eigenvalue weighted by Gasteiger charge is 2.33. The molecule has 1 saturated heterocycles. The van der Waals surface area contributed by atoms with E-state index in [0.29, 0.717) is 43.0 Å². The van der Waals surface area contributed by atoms with Crippen LogP contribution >= 0.6 is 0 Å². The van der Waals surface area contributed by atoms with Gasteiger partial charge in [-0.2, -0.15) is 0 Å². The van der Waals surface area contributed by atoms with Gasteiger partial charge in [-0.05, 0) is 39.5 Å². The maximum absolute atomic E-state index is 12.7. The van der Waals surface area contributed by atoms with Gasteiger partial charge in [-0.1, -0.05) is 6.42 Å². The molecule has 2 aliphatic rings. The largest absolute Gasteiger partial charge is 0.466 e. The zero-order valence-electron chi connectivity index (χ0n) is 13.8. The smallest absolute Gasteiger partial charge is 0.310 e. The number of likely N-dealkylation sites (tertiary alicyclic amines) is 1. The first-order valence-electron chi connectivity index (χ1n) is 8.53. The fourth-order valence-electron chi connectivity index (χ4n) is 3.21. The van der Waals surface area contributed by atoms with E-state index >= 15 is 0 Å². The molecule has 126 valence electrons. The molecule has 0 bridgehead atoms. The Morgan fingerprint density at radius 1 is 1.30 bits per heavy atom. The van der Waals surface area contributed by atoms with Crippen molar-refractivity contribution in [1.82, 2.24) is 9.88 Å². The van der Waals surface area contributed by atoms with Crippen molar-refractivity contribution < 1.29 is 18.7 Å².